The molecule has 0 fully saturated rings. The van der Waals surface area contributed by atoms with Gasteiger partial charge in [0.15, 0.2) is 0 Å². The normalized spacial score (nSPS) is 11.3. The molecule has 0 spiro atoms. The number of aromatic nitrogens is 3. The van der Waals surface area contributed by atoms with E-state index in [0.717, 1.165) is 4.47 Å². The Morgan fingerprint density at radius 3 is 2.67 bits per heavy atom. The van der Waals surface area contributed by atoms with Crippen molar-refractivity contribution in [2.45, 2.75) is 26.7 Å². The number of halogens is 2. The van der Waals surface area contributed by atoms with Crippen LogP contribution in [0.25, 0.3) is 0 Å². The van der Waals surface area contributed by atoms with Gasteiger partial charge in [-0.05, 0) is 32.0 Å². The Labute approximate surface area is 131 Å². The molecule has 2 rings (SSSR count). The number of hydrogen-bond acceptors (Lipinski definition) is 4. The molecule has 0 N–H and O–H groups in total. The summed E-state index contributed by atoms with van der Waals surface area (Å²) in [6.07, 6.45) is 1.16. The summed E-state index contributed by atoms with van der Waals surface area (Å²) in [5.41, 5.74) is 1.11. The molecule has 114 valence electrons. The van der Waals surface area contributed by atoms with E-state index in [1.165, 1.54) is 6.07 Å². The fourth-order valence-corrected chi connectivity index (χ4v) is 2.27. The average molecular weight is 358 g/mol. The van der Waals surface area contributed by atoms with Crippen molar-refractivity contribution in [1.82, 2.24) is 15.0 Å². The summed E-state index contributed by atoms with van der Waals surface area (Å²) in [6.45, 7) is 5.08. The molecule has 0 radical (unpaired) electrons. The van der Waals surface area contributed by atoms with E-state index in [4.69, 9.17) is 9.47 Å². The zero-order chi connectivity index (χ0) is 15.2. The summed E-state index contributed by atoms with van der Waals surface area (Å²) in [6, 6.07) is 4.80. The summed E-state index contributed by atoms with van der Waals surface area (Å²) in [4.78, 5) is 0. The third kappa shape index (κ3) is 4.33. The van der Waals surface area contributed by atoms with Gasteiger partial charge in [-0.3, -0.25) is 0 Å². The molecule has 2 aromatic rings. The lowest BCUT2D eigenvalue weighted by Gasteiger charge is -2.13. The molecule has 0 saturated carbocycles. The highest BCUT2D eigenvalue weighted by molar-refractivity contribution is 9.10. The van der Waals surface area contributed by atoms with Gasteiger partial charge in [-0.1, -0.05) is 21.1 Å². The van der Waals surface area contributed by atoms with Gasteiger partial charge in [-0.15, -0.1) is 5.10 Å². The molecule has 0 amide bonds. The van der Waals surface area contributed by atoms with Crippen molar-refractivity contribution < 1.29 is 13.9 Å². The quantitative estimate of drug-likeness (QED) is 0.713. The Bertz CT molecular complexity index is 585. The molecule has 1 heterocycles. The van der Waals surface area contributed by atoms with E-state index in [2.05, 4.69) is 26.2 Å². The Balaban J connectivity index is 2.13. The second kappa shape index (κ2) is 7.63. The van der Waals surface area contributed by atoms with Gasteiger partial charge in [0.2, 0.25) is 6.29 Å². The monoisotopic (exact) mass is 357 g/mol. The number of nitrogens with zero attached hydrogens (tertiary/aromatic N) is 3. The maximum absolute atomic E-state index is 13.7. The fourth-order valence-electron chi connectivity index (χ4n) is 1.86. The smallest absolute Gasteiger partial charge is 0.204 e. The van der Waals surface area contributed by atoms with Crippen LogP contribution in [0.3, 0.4) is 0 Å². The molecule has 0 aliphatic heterocycles. The van der Waals surface area contributed by atoms with Crippen molar-refractivity contribution in [3.05, 3.63) is 45.9 Å². The summed E-state index contributed by atoms with van der Waals surface area (Å²) >= 11 is 3.33. The molecular weight excluding hydrogens is 341 g/mol. The van der Waals surface area contributed by atoms with Gasteiger partial charge < -0.3 is 9.47 Å². The van der Waals surface area contributed by atoms with Crippen molar-refractivity contribution in [2.24, 2.45) is 0 Å². The molecule has 0 aliphatic rings. The minimum atomic E-state index is -0.541. The number of rotatable bonds is 7. The Morgan fingerprint density at radius 1 is 1.29 bits per heavy atom. The van der Waals surface area contributed by atoms with Crippen LogP contribution >= 0.6 is 15.9 Å². The second-order valence-corrected chi connectivity index (χ2v) is 5.24. The van der Waals surface area contributed by atoms with E-state index >= 15 is 0 Å². The third-order valence-corrected chi connectivity index (χ3v) is 3.27. The highest BCUT2D eigenvalue weighted by Gasteiger charge is 2.16. The molecule has 1 aromatic carbocycles. The SMILES string of the molecule is CCOC(OCC)c1cn(Cc2cc(Br)ccc2F)nn1. The van der Waals surface area contributed by atoms with Crippen molar-refractivity contribution in [2.75, 3.05) is 13.2 Å². The Morgan fingerprint density at radius 2 is 2.00 bits per heavy atom. The zero-order valence-corrected chi connectivity index (χ0v) is 13.5. The molecule has 0 atom stereocenters. The minimum Gasteiger partial charge on any atom is -0.347 e. The molecule has 7 heteroatoms. The van der Waals surface area contributed by atoms with Crippen molar-refractivity contribution in [1.29, 1.82) is 0 Å². The highest BCUT2D eigenvalue weighted by Crippen LogP contribution is 2.18. The van der Waals surface area contributed by atoms with Crippen LogP contribution in [0.4, 0.5) is 4.39 Å². The van der Waals surface area contributed by atoms with Crippen LogP contribution in [0.15, 0.2) is 28.9 Å². The van der Waals surface area contributed by atoms with Crippen molar-refractivity contribution in [3.8, 4) is 0 Å². The molecular formula is C14H17BrFN3O2. The highest BCUT2D eigenvalue weighted by atomic mass is 79.9. The van der Waals surface area contributed by atoms with Gasteiger partial charge in [0.1, 0.15) is 11.5 Å². The molecule has 0 saturated heterocycles. The average Bonchev–Trinajstić information content (AvgIpc) is 2.91. The Kier molecular flexibility index (Phi) is 5.84. The van der Waals surface area contributed by atoms with E-state index in [1.807, 2.05) is 13.8 Å². The summed E-state index contributed by atoms with van der Waals surface area (Å²) in [7, 11) is 0. The molecule has 5 nitrogen and oxygen atoms in total. The van der Waals surface area contributed by atoms with E-state index in [1.54, 1.807) is 23.0 Å². The summed E-state index contributed by atoms with van der Waals surface area (Å²) in [5.74, 6) is -0.276. The van der Waals surface area contributed by atoms with Crippen LogP contribution in [0.1, 0.15) is 31.4 Å². The largest absolute Gasteiger partial charge is 0.347 e. The lowest BCUT2D eigenvalue weighted by atomic mass is 10.2. The van der Waals surface area contributed by atoms with Crippen molar-refractivity contribution in [3.63, 3.8) is 0 Å². The second-order valence-electron chi connectivity index (χ2n) is 4.32. The van der Waals surface area contributed by atoms with Gasteiger partial charge in [-0.2, -0.15) is 0 Å². The first-order valence-corrected chi connectivity index (χ1v) is 7.50. The lowest BCUT2D eigenvalue weighted by Crippen LogP contribution is -2.09. The molecule has 1 aromatic heterocycles. The lowest BCUT2D eigenvalue weighted by molar-refractivity contribution is -0.142. The minimum absolute atomic E-state index is 0.276. The van der Waals surface area contributed by atoms with Gasteiger partial charge in [0, 0.05) is 23.2 Å². The van der Waals surface area contributed by atoms with Gasteiger partial charge >= 0.3 is 0 Å². The predicted octanol–water partition coefficient (Wildman–Crippen LogP) is 3.30. The van der Waals surface area contributed by atoms with E-state index in [0.29, 0.717) is 31.0 Å². The predicted molar refractivity (Wildman–Crippen MR) is 79.2 cm³/mol. The first kappa shape index (κ1) is 16.1. The van der Waals surface area contributed by atoms with Crippen LogP contribution in [0, 0.1) is 5.82 Å². The molecule has 0 bridgehead atoms. The maximum atomic E-state index is 13.7. The molecule has 0 unspecified atom stereocenters. The summed E-state index contributed by atoms with van der Waals surface area (Å²) in [5, 5.41) is 8.02. The van der Waals surface area contributed by atoms with Crippen LogP contribution < -0.4 is 0 Å². The van der Waals surface area contributed by atoms with Crippen LogP contribution in [0.5, 0.6) is 0 Å². The Hall–Kier alpha value is -1.31. The van der Waals surface area contributed by atoms with Gasteiger partial charge in [0.25, 0.3) is 0 Å². The number of hydrogen-bond donors (Lipinski definition) is 0. The van der Waals surface area contributed by atoms with E-state index in [-0.39, 0.29) is 5.82 Å². The third-order valence-electron chi connectivity index (χ3n) is 2.77. The number of ether oxygens (including phenoxy) is 2. The van der Waals surface area contributed by atoms with E-state index < -0.39 is 6.29 Å². The standard InChI is InChI=1S/C14H17BrFN3O2/c1-3-20-14(21-4-2)13-9-19(18-17-13)8-10-7-11(15)5-6-12(10)16/h5-7,9,14H,3-4,8H2,1-2H3. The molecule has 0 aliphatic carbocycles. The van der Waals surface area contributed by atoms with Gasteiger partial charge in [-0.25, -0.2) is 9.07 Å². The van der Waals surface area contributed by atoms with Gasteiger partial charge in [0.05, 0.1) is 12.7 Å². The topological polar surface area (TPSA) is 49.2 Å². The zero-order valence-electron chi connectivity index (χ0n) is 11.9. The van der Waals surface area contributed by atoms with Crippen LogP contribution in [-0.4, -0.2) is 28.2 Å². The summed E-state index contributed by atoms with van der Waals surface area (Å²) < 4.78 is 27.0. The molecule has 21 heavy (non-hydrogen) atoms. The maximum Gasteiger partial charge on any atom is 0.204 e. The first-order valence-electron chi connectivity index (χ1n) is 6.71. The number of benzene rings is 1. The van der Waals surface area contributed by atoms with E-state index in [9.17, 15) is 4.39 Å². The first-order chi connectivity index (χ1) is 10.1. The van der Waals surface area contributed by atoms with Crippen molar-refractivity contribution >= 4 is 15.9 Å². The van der Waals surface area contributed by atoms with Crippen LogP contribution in [0.2, 0.25) is 0 Å². The fraction of sp³-hybridized carbons (Fsp3) is 0.429. The van der Waals surface area contributed by atoms with Crippen LogP contribution in [-0.2, 0) is 16.0 Å².